The fraction of sp³-hybridized carbons (Fsp3) is 0.667. The Hall–Kier alpha value is -1.26. The van der Waals surface area contributed by atoms with Crippen LogP contribution in [0, 0.1) is 29.6 Å². The number of hydrogen-bond acceptors (Lipinski definition) is 1. The molecule has 0 radical (unpaired) electrons. The smallest absolute Gasteiger partial charge is 0.0248 e. The second-order valence-corrected chi connectivity index (χ2v) is 8.70. The Balaban J connectivity index is 1.33. The van der Waals surface area contributed by atoms with Crippen LogP contribution in [0.5, 0.6) is 0 Å². The third-order valence-corrected chi connectivity index (χ3v) is 7.14. The van der Waals surface area contributed by atoms with Crippen molar-refractivity contribution in [3.8, 4) is 11.8 Å². The highest BCUT2D eigenvalue weighted by atomic mass is 14.9. The lowest BCUT2D eigenvalue weighted by atomic mass is 9.75. The maximum absolute atomic E-state index is 3.50. The van der Waals surface area contributed by atoms with Crippen molar-refractivity contribution < 1.29 is 0 Å². The van der Waals surface area contributed by atoms with Crippen LogP contribution in [0.15, 0.2) is 24.3 Å². The zero-order valence-electron chi connectivity index (χ0n) is 15.8. The van der Waals surface area contributed by atoms with Crippen molar-refractivity contribution in [3.05, 3.63) is 35.4 Å². The summed E-state index contributed by atoms with van der Waals surface area (Å²) < 4.78 is 0. The van der Waals surface area contributed by atoms with Crippen molar-refractivity contribution in [2.45, 2.75) is 70.1 Å². The van der Waals surface area contributed by atoms with E-state index in [9.17, 15) is 0 Å². The van der Waals surface area contributed by atoms with Crippen molar-refractivity contribution in [2.24, 2.45) is 17.8 Å². The van der Waals surface area contributed by atoms with Crippen LogP contribution in [-0.2, 0) is 5.41 Å². The van der Waals surface area contributed by atoms with Gasteiger partial charge < -0.3 is 5.32 Å². The molecule has 1 saturated heterocycles. The van der Waals surface area contributed by atoms with Gasteiger partial charge in [-0.1, -0.05) is 43.7 Å². The van der Waals surface area contributed by atoms with E-state index in [1.165, 1.54) is 70.0 Å². The zero-order chi connectivity index (χ0) is 17.1. The lowest BCUT2D eigenvalue weighted by molar-refractivity contribution is 0.261. The molecule has 2 unspecified atom stereocenters. The van der Waals surface area contributed by atoms with E-state index in [2.05, 4.69) is 48.3 Å². The first-order chi connectivity index (χ1) is 12.3. The number of nitrogens with one attached hydrogen (secondary N) is 1. The average molecular weight is 336 g/mol. The van der Waals surface area contributed by atoms with Gasteiger partial charge in [-0.05, 0) is 92.5 Å². The third kappa shape index (κ3) is 3.80. The molecule has 1 nitrogen and oxygen atoms in total. The lowest BCUT2D eigenvalue weighted by Gasteiger charge is -2.30. The summed E-state index contributed by atoms with van der Waals surface area (Å²) in [6.45, 7) is 4.62. The highest BCUT2D eigenvalue weighted by Crippen LogP contribution is 2.64. The minimum absolute atomic E-state index is 0.523. The molecule has 1 heteroatoms. The standard InChI is InChI=1S/C24H33N/c1-2-3-5-20-6-4-7-22(16-20)24-13-10-21(17-23(24)18-24)9-8-19-11-14-25-15-12-19/h4,6-7,16,19,21,23,25H,2,8-15,17-18H2,1H3/t21?,23?,24-/m1/s1. The van der Waals surface area contributed by atoms with Crippen molar-refractivity contribution in [2.75, 3.05) is 13.1 Å². The van der Waals surface area contributed by atoms with E-state index in [1.807, 2.05) is 0 Å². The summed E-state index contributed by atoms with van der Waals surface area (Å²) in [5.74, 6) is 9.49. The minimum Gasteiger partial charge on any atom is -0.317 e. The Labute approximate surface area is 154 Å². The van der Waals surface area contributed by atoms with E-state index in [0.29, 0.717) is 5.41 Å². The van der Waals surface area contributed by atoms with Crippen LogP contribution in [0.1, 0.15) is 75.8 Å². The fourth-order valence-electron chi connectivity index (χ4n) is 5.48. The first-order valence-corrected chi connectivity index (χ1v) is 10.6. The summed E-state index contributed by atoms with van der Waals surface area (Å²) in [5.41, 5.74) is 3.32. The predicted octanol–water partition coefficient (Wildman–Crippen LogP) is 5.29. The second-order valence-electron chi connectivity index (χ2n) is 8.70. The predicted molar refractivity (Wildman–Crippen MR) is 106 cm³/mol. The summed E-state index contributed by atoms with van der Waals surface area (Å²) in [6.07, 6.45) is 12.5. The number of fused-ring (bicyclic) bond motifs is 1. The zero-order valence-corrected chi connectivity index (χ0v) is 15.8. The maximum Gasteiger partial charge on any atom is 0.0248 e. The van der Waals surface area contributed by atoms with Gasteiger partial charge in [-0.3, -0.25) is 0 Å². The lowest BCUT2D eigenvalue weighted by Crippen LogP contribution is -2.28. The second kappa shape index (κ2) is 7.55. The highest BCUT2D eigenvalue weighted by Gasteiger charge is 2.57. The van der Waals surface area contributed by atoms with Crippen molar-refractivity contribution in [1.82, 2.24) is 5.32 Å². The largest absolute Gasteiger partial charge is 0.317 e. The minimum atomic E-state index is 0.523. The molecule has 3 atom stereocenters. The molecule has 134 valence electrons. The van der Waals surface area contributed by atoms with Gasteiger partial charge in [0, 0.05) is 12.0 Å². The number of piperidine rings is 1. The van der Waals surface area contributed by atoms with Crippen LogP contribution >= 0.6 is 0 Å². The summed E-state index contributed by atoms with van der Waals surface area (Å²) in [5, 5.41) is 3.50. The van der Waals surface area contributed by atoms with Crippen LogP contribution in [0.3, 0.4) is 0 Å². The molecule has 3 aliphatic rings. The van der Waals surface area contributed by atoms with Gasteiger partial charge in [0.15, 0.2) is 0 Å². The molecule has 0 amide bonds. The van der Waals surface area contributed by atoms with Gasteiger partial charge in [-0.15, -0.1) is 0 Å². The van der Waals surface area contributed by atoms with Gasteiger partial charge in [0.1, 0.15) is 0 Å². The maximum atomic E-state index is 3.50. The molecule has 3 fully saturated rings. The molecular formula is C24H33N. The summed E-state index contributed by atoms with van der Waals surface area (Å²) >= 11 is 0. The SMILES string of the molecule is CCC#Cc1cccc([C@]23CCC(CCC4CCNCC4)CC2C3)c1. The third-order valence-electron chi connectivity index (χ3n) is 7.14. The van der Waals surface area contributed by atoms with Gasteiger partial charge in [0.05, 0.1) is 0 Å². The van der Waals surface area contributed by atoms with Gasteiger partial charge in [-0.2, -0.15) is 0 Å². The Kier molecular flexibility index (Phi) is 5.18. The van der Waals surface area contributed by atoms with E-state index in [1.54, 1.807) is 5.56 Å². The number of rotatable bonds is 4. The molecule has 1 aliphatic heterocycles. The molecule has 1 aromatic carbocycles. The molecule has 25 heavy (non-hydrogen) atoms. The first kappa shape index (κ1) is 17.2. The van der Waals surface area contributed by atoms with Crippen LogP contribution in [-0.4, -0.2) is 13.1 Å². The quantitative estimate of drug-likeness (QED) is 0.738. The van der Waals surface area contributed by atoms with Crippen LogP contribution < -0.4 is 5.32 Å². The molecule has 0 spiro atoms. The van der Waals surface area contributed by atoms with Crippen molar-refractivity contribution in [1.29, 1.82) is 0 Å². The van der Waals surface area contributed by atoms with Crippen molar-refractivity contribution >= 4 is 0 Å². The van der Waals surface area contributed by atoms with Gasteiger partial charge in [-0.25, -0.2) is 0 Å². The summed E-state index contributed by atoms with van der Waals surface area (Å²) in [4.78, 5) is 0. The molecule has 0 aromatic heterocycles. The molecule has 2 aliphatic carbocycles. The van der Waals surface area contributed by atoms with E-state index in [0.717, 1.165) is 24.2 Å². The van der Waals surface area contributed by atoms with E-state index in [-0.39, 0.29) is 0 Å². The fourth-order valence-corrected chi connectivity index (χ4v) is 5.48. The van der Waals surface area contributed by atoms with Crippen LogP contribution in [0.4, 0.5) is 0 Å². The molecule has 4 rings (SSSR count). The van der Waals surface area contributed by atoms with E-state index in [4.69, 9.17) is 0 Å². The molecule has 2 saturated carbocycles. The number of hydrogen-bond donors (Lipinski definition) is 1. The first-order valence-electron chi connectivity index (χ1n) is 10.6. The highest BCUT2D eigenvalue weighted by molar-refractivity contribution is 5.43. The topological polar surface area (TPSA) is 12.0 Å². The molecule has 1 N–H and O–H groups in total. The Morgan fingerprint density at radius 1 is 1.12 bits per heavy atom. The molecule has 0 bridgehead atoms. The Bertz CT molecular complexity index is 646. The molecular weight excluding hydrogens is 302 g/mol. The monoisotopic (exact) mass is 335 g/mol. The Morgan fingerprint density at radius 3 is 2.76 bits per heavy atom. The van der Waals surface area contributed by atoms with E-state index >= 15 is 0 Å². The van der Waals surface area contributed by atoms with Crippen LogP contribution in [0.2, 0.25) is 0 Å². The van der Waals surface area contributed by atoms with Crippen LogP contribution in [0.25, 0.3) is 0 Å². The van der Waals surface area contributed by atoms with Crippen molar-refractivity contribution in [3.63, 3.8) is 0 Å². The van der Waals surface area contributed by atoms with E-state index < -0.39 is 0 Å². The normalized spacial score (nSPS) is 31.7. The summed E-state index contributed by atoms with van der Waals surface area (Å²) in [7, 11) is 0. The Morgan fingerprint density at radius 2 is 1.96 bits per heavy atom. The molecule has 1 aromatic rings. The average Bonchev–Trinajstić information content (AvgIpc) is 3.41. The number of benzene rings is 1. The van der Waals surface area contributed by atoms with Gasteiger partial charge in [0.25, 0.3) is 0 Å². The van der Waals surface area contributed by atoms with Gasteiger partial charge in [0.2, 0.25) is 0 Å². The van der Waals surface area contributed by atoms with Gasteiger partial charge >= 0.3 is 0 Å². The summed E-state index contributed by atoms with van der Waals surface area (Å²) in [6, 6.07) is 9.15. The molecule has 1 heterocycles.